The van der Waals surface area contributed by atoms with E-state index < -0.39 is 11.7 Å². The fourth-order valence-electron chi connectivity index (χ4n) is 4.98. The van der Waals surface area contributed by atoms with E-state index in [1.54, 1.807) is 4.90 Å². The quantitative estimate of drug-likeness (QED) is 0.315. The van der Waals surface area contributed by atoms with Crippen molar-refractivity contribution in [3.63, 3.8) is 0 Å². The van der Waals surface area contributed by atoms with Gasteiger partial charge in [0.05, 0.1) is 24.1 Å². The number of methoxy groups -OCH3 is 1. The predicted octanol–water partition coefficient (Wildman–Crippen LogP) is 3.01. The topological polar surface area (TPSA) is 135 Å². The van der Waals surface area contributed by atoms with Crippen LogP contribution in [-0.4, -0.2) is 51.7 Å². The summed E-state index contributed by atoms with van der Waals surface area (Å²) in [5.41, 5.74) is 8.70. The number of halogens is 1. The van der Waals surface area contributed by atoms with Crippen molar-refractivity contribution in [3.05, 3.63) is 88.6 Å². The van der Waals surface area contributed by atoms with Crippen molar-refractivity contribution in [2.45, 2.75) is 19.0 Å². The van der Waals surface area contributed by atoms with Gasteiger partial charge in [-0.1, -0.05) is 30.8 Å². The van der Waals surface area contributed by atoms with Gasteiger partial charge in [0.2, 0.25) is 5.91 Å². The molecule has 200 valence electrons. The minimum absolute atomic E-state index is 0.107. The summed E-state index contributed by atoms with van der Waals surface area (Å²) in [5.74, 6) is -0.675. The number of aromatic amines is 1. The first kappa shape index (κ1) is 25.7. The lowest BCUT2D eigenvalue weighted by molar-refractivity contribution is -0.125. The number of benzene rings is 2. The largest absolute Gasteiger partial charge is 0.496 e. The van der Waals surface area contributed by atoms with Crippen LogP contribution < -0.4 is 21.3 Å². The average Bonchev–Trinajstić information content (AvgIpc) is 3.60. The van der Waals surface area contributed by atoms with E-state index in [1.807, 2.05) is 35.0 Å². The van der Waals surface area contributed by atoms with E-state index in [0.29, 0.717) is 30.4 Å². The number of rotatable bonds is 7. The van der Waals surface area contributed by atoms with E-state index in [2.05, 4.69) is 22.1 Å². The minimum atomic E-state index is -0.533. The molecule has 1 atom stereocenters. The highest BCUT2D eigenvalue weighted by atomic mass is 19.1. The van der Waals surface area contributed by atoms with Crippen LogP contribution in [0.25, 0.3) is 22.0 Å². The average molecular weight is 531 g/mol. The van der Waals surface area contributed by atoms with Gasteiger partial charge < -0.3 is 25.3 Å². The fourth-order valence-corrected chi connectivity index (χ4v) is 4.98. The number of aromatic nitrogens is 3. The van der Waals surface area contributed by atoms with Crippen molar-refractivity contribution in [2.24, 2.45) is 0 Å². The molecule has 39 heavy (non-hydrogen) atoms. The monoisotopic (exact) mass is 530 g/mol. The molecule has 2 aromatic carbocycles. The SMILES string of the molecule is C=CC(=O)N1CCC(n2cc(-c3ccc(CNC(=O)c4cc(F)ccc4OC)cc3)c3c(N)n[nH]c(=O)c32)C1. The lowest BCUT2D eigenvalue weighted by Crippen LogP contribution is -2.27. The number of amides is 2. The second-order valence-corrected chi connectivity index (χ2v) is 9.27. The Balaban J connectivity index is 1.41. The van der Waals surface area contributed by atoms with Crippen molar-refractivity contribution < 1.29 is 18.7 Å². The van der Waals surface area contributed by atoms with Crippen molar-refractivity contribution >= 4 is 28.5 Å². The molecule has 3 heterocycles. The normalized spacial score (nSPS) is 14.9. The van der Waals surface area contributed by atoms with Gasteiger partial charge in [0.15, 0.2) is 5.82 Å². The van der Waals surface area contributed by atoms with Gasteiger partial charge in [0.25, 0.3) is 11.5 Å². The molecule has 1 aliphatic heterocycles. The zero-order valence-corrected chi connectivity index (χ0v) is 21.2. The Morgan fingerprint density at radius 2 is 2.05 bits per heavy atom. The Hall–Kier alpha value is -4.93. The molecule has 1 fully saturated rings. The molecule has 0 saturated carbocycles. The molecule has 0 aliphatic carbocycles. The Kier molecular flexibility index (Phi) is 6.88. The zero-order chi connectivity index (χ0) is 27.7. The molecule has 2 amide bonds. The van der Waals surface area contributed by atoms with Crippen LogP contribution in [0, 0.1) is 5.82 Å². The summed E-state index contributed by atoms with van der Waals surface area (Å²) in [5, 5.41) is 9.74. The van der Waals surface area contributed by atoms with Crippen molar-refractivity contribution in [2.75, 3.05) is 25.9 Å². The third-order valence-corrected chi connectivity index (χ3v) is 6.95. The number of hydrogen-bond donors (Lipinski definition) is 3. The third-order valence-electron chi connectivity index (χ3n) is 6.95. The number of nitrogens with two attached hydrogens (primary N) is 1. The molecule has 1 saturated heterocycles. The molecule has 5 rings (SSSR count). The number of nitrogen functional groups attached to an aromatic ring is 1. The van der Waals surface area contributed by atoms with Crippen LogP contribution in [0.2, 0.25) is 0 Å². The first-order valence-electron chi connectivity index (χ1n) is 12.3. The van der Waals surface area contributed by atoms with Gasteiger partial charge in [-0.25, -0.2) is 9.49 Å². The van der Waals surface area contributed by atoms with Crippen LogP contribution in [0.4, 0.5) is 10.2 Å². The summed E-state index contributed by atoms with van der Waals surface area (Å²) >= 11 is 0. The van der Waals surface area contributed by atoms with E-state index in [4.69, 9.17) is 10.5 Å². The highest BCUT2D eigenvalue weighted by Crippen LogP contribution is 2.36. The number of fused-ring (bicyclic) bond motifs is 1. The molecule has 1 aliphatic rings. The molecular weight excluding hydrogens is 503 g/mol. The summed E-state index contributed by atoms with van der Waals surface area (Å²) in [7, 11) is 1.42. The maximum Gasteiger partial charge on any atom is 0.288 e. The number of likely N-dealkylation sites (tertiary alicyclic amines) is 1. The van der Waals surface area contributed by atoms with Crippen LogP contribution >= 0.6 is 0 Å². The first-order chi connectivity index (χ1) is 18.8. The lowest BCUT2D eigenvalue weighted by atomic mass is 10.0. The number of nitrogens with one attached hydrogen (secondary N) is 2. The van der Waals surface area contributed by atoms with Gasteiger partial charge in [0.1, 0.15) is 17.1 Å². The standard InChI is InChI=1S/C28H27FN6O4/c1-3-23(36)34-11-10-19(14-34)35-15-21(24-25(35)28(38)33-32-26(24)30)17-6-4-16(5-7-17)13-31-27(37)20-12-18(29)8-9-22(20)39-2/h3-9,12,15,19H,1,10-11,13-14H2,2H3,(H2,30,32)(H,31,37)(H,33,38). The van der Waals surface area contributed by atoms with E-state index in [0.717, 1.165) is 22.8 Å². The molecule has 4 N–H and O–H groups in total. The van der Waals surface area contributed by atoms with Crippen LogP contribution in [-0.2, 0) is 11.3 Å². The lowest BCUT2D eigenvalue weighted by Gasteiger charge is -2.16. The van der Waals surface area contributed by atoms with Crippen LogP contribution in [0.15, 0.2) is 66.1 Å². The summed E-state index contributed by atoms with van der Waals surface area (Å²) in [6.07, 6.45) is 3.84. The Labute approximate surface area is 222 Å². The number of nitrogens with zero attached hydrogens (tertiary/aromatic N) is 3. The van der Waals surface area contributed by atoms with E-state index in [1.165, 1.54) is 25.3 Å². The number of hydrogen-bond acceptors (Lipinski definition) is 6. The van der Waals surface area contributed by atoms with Gasteiger partial charge in [-0.2, -0.15) is 5.10 Å². The number of H-pyrrole nitrogens is 1. The Morgan fingerprint density at radius 1 is 1.28 bits per heavy atom. The molecule has 4 aromatic rings. The maximum absolute atomic E-state index is 13.7. The number of ether oxygens (including phenoxy) is 1. The predicted molar refractivity (Wildman–Crippen MR) is 145 cm³/mol. The summed E-state index contributed by atoms with van der Waals surface area (Å²) in [4.78, 5) is 39.3. The molecule has 0 radical (unpaired) electrons. The summed E-state index contributed by atoms with van der Waals surface area (Å²) < 4.78 is 20.7. The molecule has 0 spiro atoms. The van der Waals surface area contributed by atoms with E-state index in [-0.39, 0.29) is 41.2 Å². The third kappa shape index (κ3) is 4.86. The van der Waals surface area contributed by atoms with E-state index >= 15 is 0 Å². The smallest absolute Gasteiger partial charge is 0.288 e. The van der Waals surface area contributed by atoms with Crippen LogP contribution in [0.1, 0.15) is 28.4 Å². The first-order valence-corrected chi connectivity index (χ1v) is 12.3. The molecule has 2 aromatic heterocycles. The van der Waals surface area contributed by atoms with Crippen molar-refractivity contribution in [1.29, 1.82) is 0 Å². The van der Waals surface area contributed by atoms with Gasteiger partial charge >= 0.3 is 0 Å². The molecular formula is C28H27FN6O4. The van der Waals surface area contributed by atoms with Crippen molar-refractivity contribution in [3.8, 4) is 16.9 Å². The number of anilines is 1. The van der Waals surface area contributed by atoms with Crippen molar-refractivity contribution in [1.82, 2.24) is 25.0 Å². The Bertz CT molecular complexity index is 1640. The van der Waals surface area contributed by atoms with Gasteiger partial charge in [-0.15, -0.1) is 0 Å². The summed E-state index contributed by atoms with van der Waals surface area (Å²) in [6, 6.07) is 11.1. The molecule has 0 bridgehead atoms. The minimum Gasteiger partial charge on any atom is -0.496 e. The van der Waals surface area contributed by atoms with Crippen LogP contribution in [0.3, 0.4) is 0 Å². The highest BCUT2D eigenvalue weighted by molar-refractivity contribution is 6.02. The highest BCUT2D eigenvalue weighted by Gasteiger charge is 2.29. The van der Waals surface area contributed by atoms with Gasteiger partial charge in [0, 0.05) is 31.4 Å². The number of carbonyl (C=O) groups excluding carboxylic acids is 2. The molecule has 11 heteroatoms. The van der Waals surface area contributed by atoms with Crippen LogP contribution in [0.5, 0.6) is 5.75 Å². The second-order valence-electron chi connectivity index (χ2n) is 9.27. The Morgan fingerprint density at radius 3 is 2.77 bits per heavy atom. The molecule has 1 unspecified atom stereocenters. The number of carbonyl (C=O) groups is 2. The zero-order valence-electron chi connectivity index (χ0n) is 21.2. The summed E-state index contributed by atoms with van der Waals surface area (Å²) in [6.45, 7) is 4.77. The maximum atomic E-state index is 13.7. The molecule has 10 nitrogen and oxygen atoms in total. The second kappa shape index (κ2) is 10.4. The van der Waals surface area contributed by atoms with Gasteiger partial charge in [-0.05, 0) is 41.8 Å². The fraction of sp³-hybridized carbons (Fsp3) is 0.214. The van der Waals surface area contributed by atoms with Gasteiger partial charge in [-0.3, -0.25) is 14.4 Å². The van der Waals surface area contributed by atoms with E-state index in [9.17, 15) is 18.8 Å².